The molecule has 21 aliphatic rings. The van der Waals surface area contributed by atoms with Crippen LogP contribution in [0, 0.1) is 0 Å². The number of rotatable bonds is 9. The summed E-state index contributed by atoms with van der Waals surface area (Å²) >= 11 is 0. The van der Waals surface area contributed by atoms with Gasteiger partial charge in [-0.15, -0.1) is 0 Å². The van der Waals surface area contributed by atoms with Crippen LogP contribution in [0.15, 0.2) is 0 Å². The molecule has 21 heterocycles. The predicted octanol–water partition coefficient (Wildman–Crippen LogP) is -14.4. The van der Waals surface area contributed by atoms with E-state index in [9.17, 15) is 124 Å². The molecule has 0 saturated carbocycles. The van der Waals surface area contributed by atoms with Gasteiger partial charge >= 0.3 is 15.6 Å². The Kier molecular flexibility index (Phi) is 22.6. The van der Waals surface area contributed by atoms with Crippen LogP contribution >= 0.6 is 0 Å². The normalized spacial score (nSPS) is 52.2. The highest BCUT2D eigenvalue weighted by Gasteiger charge is 2.60. The maximum atomic E-state index is 13.5. The van der Waals surface area contributed by atoms with Crippen molar-refractivity contribution in [2.24, 2.45) is 0 Å². The molecule has 35 atom stereocenters. The van der Waals surface area contributed by atoms with E-state index in [1.165, 1.54) is 0 Å². The third-order valence-corrected chi connectivity index (χ3v) is 16.3. The van der Waals surface area contributed by atoms with Gasteiger partial charge in [0.05, 0.1) is 46.2 Å². The van der Waals surface area contributed by atoms with Crippen LogP contribution in [0.2, 0.25) is 0 Å². The molecule has 0 unspecified atom stereocenters. The lowest BCUT2D eigenvalue weighted by Crippen LogP contribution is -2.68. The van der Waals surface area contributed by atoms with Gasteiger partial charge in [0.15, 0.2) is 44.0 Å². The Bertz CT molecular complexity index is 2190. The van der Waals surface area contributed by atoms with E-state index in [0.717, 1.165) is 0 Å². The molecule has 14 bridgehead atoms. The predicted molar refractivity (Wildman–Crippen MR) is 242 cm³/mol. The van der Waals surface area contributed by atoms with Gasteiger partial charge in [-0.1, -0.05) is 0 Å². The van der Waals surface area contributed by atoms with E-state index in [2.05, 4.69) is 4.18 Å². The van der Waals surface area contributed by atoms with E-state index in [0.29, 0.717) is 0 Å². The molecular formula is C43H69F3O37S. The molecule has 0 amide bonds. The van der Waals surface area contributed by atoms with Crippen molar-refractivity contribution in [3.8, 4) is 0 Å². The van der Waals surface area contributed by atoms with E-state index in [-0.39, 0.29) is 0 Å². The summed E-state index contributed by atoms with van der Waals surface area (Å²) in [6.07, 6.45) is -76.9. The second-order valence-corrected chi connectivity index (χ2v) is 22.3. The fourth-order valence-corrected chi connectivity index (χ4v) is 11.1. The number of halogens is 3. The molecule has 21 rings (SSSR count). The van der Waals surface area contributed by atoms with E-state index in [1.54, 1.807) is 0 Å². The topological polar surface area (TPSA) is 577 Å². The highest BCUT2D eigenvalue weighted by atomic mass is 32.2. The molecule has 84 heavy (non-hydrogen) atoms. The Balaban J connectivity index is 1.11. The summed E-state index contributed by atoms with van der Waals surface area (Å²) < 4.78 is 147. The fraction of sp³-hybridized carbons (Fsp3) is 1.00. The van der Waals surface area contributed by atoms with Crippen LogP contribution in [0.25, 0.3) is 0 Å². The molecule has 490 valence electrons. The lowest BCUT2D eigenvalue weighted by Gasteiger charge is -2.50. The minimum Gasteiger partial charge on any atom is -0.394 e. The van der Waals surface area contributed by atoms with Crippen molar-refractivity contribution in [1.29, 1.82) is 0 Å². The number of hydrogen-bond acceptors (Lipinski definition) is 37. The molecule has 0 aromatic carbocycles. The van der Waals surface area contributed by atoms with Gasteiger partial charge in [0.2, 0.25) is 0 Å². The first-order valence-electron chi connectivity index (χ1n) is 25.9. The average Bonchev–Trinajstić information content (AvgIpc) is 2.53. The van der Waals surface area contributed by atoms with E-state index in [1.807, 2.05) is 0 Å². The maximum absolute atomic E-state index is 13.5. The zero-order valence-corrected chi connectivity index (χ0v) is 43.9. The van der Waals surface area contributed by atoms with Crippen molar-refractivity contribution in [2.45, 2.75) is 220 Å². The minimum atomic E-state index is -6.54. The van der Waals surface area contributed by atoms with Gasteiger partial charge in [-0.25, -0.2) is 0 Å². The Morgan fingerprint density at radius 2 is 0.429 bits per heavy atom. The second kappa shape index (κ2) is 27.8. The van der Waals surface area contributed by atoms with Gasteiger partial charge in [-0.2, -0.15) is 21.6 Å². The highest BCUT2D eigenvalue weighted by Crippen LogP contribution is 2.39. The maximum Gasteiger partial charge on any atom is 0.523 e. The van der Waals surface area contributed by atoms with E-state index in [4.69, 9.17) is 66.3 Å². The van der Waals surface area contributed by atoms with Gasteiger partial charge in [-0.3, -0.25) is 4.18 Å². The SMILES string of the molecule is O=S(=O)(OC[C@H]1O[C@@H]2O[C@H]3[C@H](O)[C@@H](O)[C@@H](O[C@H]4[C@H](O)[C@@H](O)[C@@H](O[C@H]5[C@H](O)[C@@H](O)[C@@H](O[C@H]6[C@H](O)[C@@H](O)[C@@H](O[C@H]7[C@H](O)[C@@H](O)[C@@H](O[C@H]8[C@H](O)[C@@H](O)[C@@H](O[C@H]1[C@H](O)[C@H]2O)O[C@@H]8CO)O[C@@H]7CO)O[C@@H]6CO)O[C@@H]5CO)O[C@@H]4CO)O[C@@H]3CO)C(F)(F)F. The molecule has 21 saturated heterocycles. The van der Waals surface area contributed by atoms with Crippen LogP contribution in [0.5, 0.6) is 0 Å². The summed E-state index contributed by atoms with van der Waals surface area (Å²) in [6, 6.07) is 0. The molecule has 0 aliphatic carbocycles. The van der Waals surface area contributed by atoms with Crippen LogP contribution < -0.4 is 0 Å². The molecule has 41 heteroatoms. The Labute approximate surface area is 470 Å². The van der Waals surface area contributed by atoms with Crippen molar-refractivity contribution < 1.29 is 194 Å². The molecule has 0 spiro atoms. The monoisotopic (exact) mass is 1270 g/mol. The number of hydrogen-bond donors (Lipinski definition) is 20. The van der Waals surface area contributed by atoms with Gasteiger partial charge in [0.25, 0.3) is 0 Å². The standard InChI is InChI=1S/C43H69F3O37S/c44-43(45,46)84(67,68)69-7-14-35-21(59)28(66)42(76-14)82-34-13(6-52)74-40(26(64)19(34)57)80-32-11(4-50)72-38(24(62)17(32)55)78-30-9(2-48)70-36(22(60)15(30)53)77-29-8(1-47)71-37(23(61)16(29)54)79-31-10(3-49)73-39(25(63)18(31)56)81-33-12(5-51)75-41(83-35)27(65)20(33)58/h8-42,47-66H,1-7H2/t8-,9-,10-,11-,12-,13-,14-,15-,16-,17-,18-,19-,20-,21-,22-,23-,24-,25-,26-,27-,28-,29-,30-,31-,32-,33-,34-,35-,36-,37-,38-,39-,40-,41-,42-/m1/s1. The number of aliphatic hydroxyl groups excluding tert-OH is 20. The van der Waals surface area contributed by atoms with Gasteiger partial charge < -0.3 is 168 Å². The molecule has 21 fully saturated rings. The first-order valence-corrected chi connectivity index (χ1v) is 27.3. The molecule has 0 aromatic heterocycles. The quantitative estimate of drug-likeness (QED) is 0.0753. The van der Waals surface area contributed by atoms with Gasteiger partial charge in [-0.05, 0) is 0 Å². The largest absolute Gasteiger partial charge is 0.523 e. The number of aliphatic hydroxyl groups is 20. The smallest absolute Gasteiger partial charge is 0.394 e. The zero-order chi connectivity index (χ0) is 61.8. The van der Waals surface area contributed by atoms with Gasteiger partial charge in [0.1, 0.15) is 171 Å². The fourth-order valence-electron chi connectivity index (χ4n) is 10.6. The number of alkyl halides is 3. The summed E-state index contributed by atoms with van der Waals surface area (Å²) in [6.45, 7) is -8.77. The molecular weight excluding hydrogens is 1200 g/mol. The van der Waals surface area contributed by atoms with Crippen molar-refractivity contribution in [1.82, 2.24) is 0 Å². The summed E-state index contributed by atoms with van der Waals surface area (Å²) in [5.74, 6) is 0. The van der Waals surface area contributed by atoms with Gasteiger partial charge in [0, 0.05) is 0 Å². The first-order chi connectivity index (χ1) is 39.6. The minimum absolute atomic E-state index is 1.10. The summed E-state index contributed by atoms with van der Waals surface area (Å²) in [4.78, 5) is 0. The molecule has 37 nitrogen and oxygen atoms in total. The summed E-state index contributed by atoms with van der Waals surface area (Å²) in [7, 11) is -6.54. The summed E-state index contributed by atoms with van der Waals surface area (Å²) in [5.41, 5.74) is -6.10. The first kappa shape index (κ1) is 68.3. The average molecular weight is 1270 g/mol. The lowest BCUT2D eigenvalue weighted by molar-refractivity contribution is -0.396. The third-order valence-electron chi connectivity index (χ3n) is 15.3. The highest BCUT2D eigenvalue weighted by molar-refractivity contribution is 7.87. The molecule has 20 N–H and O–H groups in total. The van der Waals surface area contributed by atoms with E-state index < -0.39 is 277 Å². The number of ether oxygens (including phenoxy) is 14. The van der Waals surface area contributed by atoms with Crippen LogP contribution in [0.1, 0.15) is 0 Å². The van der Waals surface area contributed by atoms with Crippen molar-refractivity contribution >= 4 is 10.1 Å². The Morgan fingerprint density at radius 3 is 0.583 bits per heavy atom. The van der Waals surface area contributed by atoms with Crippen LogP contribution in [0.3, 0.4) is 0 Å². The van der Waals surface area contributed by atoms with Crippen molar-refractivity contribution in [2.75, 3.05) is 46.2 Å². The Hall–Kier alpha value is -1.66. The molecule has 0 radical (unpaired) electrons. The summed E-state index contributed by atoms with van der Waals surface area (Å²) in [5, 5.41) is 221. The second-order valence-electron chi connectivity index (χ2n) is 20.7. The van der Waals surface area contributed by atoms with Crippen LogP contribution in [0.4, 0.5) is 13.2 Å². The van der Waals surface area contributed by atoms with Crippen LogP contribution in [-0.4, -0.2) is 377 Å². The lowest BCUT2D eigenvalue weighted by atomic mass is 9.95. The van der Waals surface area contributed by atoms with Crippen LogP contribution in [-0.2, 0) is 80.6 Å². The molecule has 0 aromatic rings. The van der Waals surface area contributed by atoms with Crippen molar-refractivity contribution in [3.05, 3.63) is 0 Å². The third kappa shape index (κ3) is 13.5. The zero-order valence-electron chi connectivity index (χ0n) is 43.1. The van der Waals surface area contributed by atoms with E-state index >= 15 is 0 Å². The Morgan fingerprint density at radius 1 is 0.274 bits per heavy atom. The van der Waals surface area contributed by atoms with Crippen molar-refractivity contribution in [3.63, 3.8) is 0 Å². The molecule has 21 aliphatic heterocycles.